The number of methoxy groups -OCH3 is 1. The van der Waals surface area contributed by atoms with Crippen LogP contribution in [0.25, 0.3) is 11.3 Å². The van der Waals surface area contributed by atoms with Gasteiger partial charge in [0.2, 0.25) is 5.76 Å². The third-order valence-electron chi connectivity index (χ3n) is 2.24. The van der Waals surface area contributed by atoms with Gasteiger partial charge in [-0.25, -0.2) is 9.18 Å². The number of carboxylic acids is 1. The lowest BCUT2D eigenvalue weighted by Crippen LogP contribution is -1.92. The lowest BCUT2D eigenvalue weighted by atomic mass is 10.1. The van der Waals surface area contributed by atoms with E-state index in [-0.39, 0.29) is 11.5 Å². The number of halogens is 1. The van der Waals surface area contributed by atoms with Crippen molar-refractivity contribution in [2.45, 2.75) is 0 Å². The van der Waals surface area contributed by atoms with E-state index in [9.17, 15) is 9.18 Å². The highest BCUT2D eigenvalue weighted by atomic mass is 19.1. The van der Waals surface area contributed by atoms with Gasteiger partial charge in [0.15, 0.2) is 0 Å². The largest absolute Gasteiger partial charge is 0.496 e. The van der Waals surface area contributed by atoms with E-state index >= 15 is 0 Å². The summed E-state index contributed by atoms with van der Waals surface area (Å²) in [7, 11) is 1.44. The number of ether oxygens (including phenoxy) is 1. The van der Waals surface area contributed by atoms with Gasteiger partial charge in [0.1, 0.15) is 17.3 Å². The quantitative estimate of drug-likeness (QED) is 0.890. The molecule has 88 valence electrons. The standard InChI is InChI=1S/C12H9FO4/c1-16-9-3-2-7(13)6-8(9)10-4-5-11(17-10)12(14)15/h2-6H,1H3,(H,14,15). The molecule has 0 amide bonds. The fraction of sp³-hybridized carbons (Fsp3) is 0.0833. The van der Waals surface area contributed by atoms with Crippen LogP contribution < -0.4 is 4.74 Å². The van der Waals surface area contributed by atoms with Gasteiger partial charge in [0, 0.05) is 0 Å². The van der Waals surface area contributed by atoms with Crippen molar-refractivity contribution in [2.24, 2.45) is 0 Å². The Morgan fingerprint density at radius 3 is 2.71 bits per heavy atom. The van der Waals surface area contributed by atoms with E-state index in [4.69, 9.17) is 14.3 Å². The van der Waals surface area contributed by atoms with E-state index in [0.29, 0.717) is 11.3 Å². The summed E-state index contributed by atoms with van der Waals surface area (Å²) in [6.07, 6.45) is 0. The summed E-state index contributed by atoms with van der Waals surface area (Å²) in [5, 5.41) is 8.73. The van der Waals surface area contributed by atoms with Crippen molar-refractivity contribution in [1.82, 2.24) is 0 Å². The molecule has 2 rings (SSSR count). The van der Waals surface area contributed by atoms with E-state index in [1.54, 1.807) is 0 Å². The molecular formula is C12H9FO4. The van der Waals surface area contributed by atoms with Crippen molar-refractivity contribution in [3.63, 3.8) is 0 Å². The van der Waals surface area contributed by atoms with Crippen molar-refractivity contribution in [1.29, 1.82) is 0 Å². The minimum absolute atomic E-state index is 0.202. The van der Waals surface area contributed by atoms with Crippen LogP contribution in [0.1, 0.15) is 10.6 Å². The SMILES string of the molecule is COc1ccc(F)cc1-c1ccc(C(=O)O)o1. The highest BCUT2D eigenvalue weighted by molar-refractivity contribution is 5.85. The second kappa shape index (κ2) is 4.29. The van der Waals surface area contributed by atoms with Crippen LogP contribution in [-0.2, 0) is 0 Å². The molecule has 0 spiro atoms. The number of furan rings is 1. The molecule has 17 heavy (non-hydrogen) atoms. The van der Waals surface area contributed by atoms with Crippen LogP contribution in [-0.4, -0.2) is 18.2 Å². The summed E-state index contributed by atoms with van der Waals surface area (Å²) in [5.74, 6) is -1.16. The normalized spacial score (nSPS) is 10.2. The van der Waals surface area contributed by atoms with Gasteiger partial charge >= 0.3 is 5.97 Å². The maximum absolute atomic E-state index is 13.1. The number of hydrogen-bond acceptors (Lipinski definition) is 3. The topological polar surface area (TPSA) is 59.7 Å². The van der Waals surface area contributed by atoms with E-state index < -0.39 is 11.8 Å². The monoisotopic (exact) mass is 236 g/mol. The van der Waals surface area contributed by atoms with Gasteiger partial charge in [0.05, 0.1) is 12.7 Å². The zero-order valence-electron chi connectivity index (χ0n) is 8.94. The van der Waals surface area contributed by atoms with Gasteiger partial charge in [-0.05, 0) is 30.3 Å². The number of carboxylic acid groups (broad SMARTS) is 1. The second-order valence-electron chi connectivity index (χ2n) is 3.31. The van der Waals surface area contributed by atoms with Crippen LogP contribution in [0, 0.1) is 5.82 Å². The molecule has 1 aromatic heterocycles. The lowest BCUT2D eigenvalue weighted by molar-refractivity contribution is 0.0663. The summed E-state index contributed by atoms with van der Waals surface area (Å²) in [6, 6.07) is 6.70. The van der Waals surface area contributed by atoms with Gasteiger partial charge in [-0.2, -0.15) is 0 Å². The summed E-state index contributed by atoms with van der Waals surface area (Å²) in [5.41, 5.74) is 0.375. The average Bonchev–Trinajstić information content (AvgIpc) is 2.78. The van der Waals surface area contributed by atoms with E-state index in [0.717, 1.165) is 0 Å². The molecule has 4 nitrogen and oxygen atoms in total. The molecule has 0 fully saturated rings. The minimum atomic E-state index is -1.17. The van der Waals surface area contributed by atoms with E-state index in [2.05, 4.69) is 0 Å². The van der Waals surface area contributed by atoms with Crippen molar-refractivity contribution in [3.05, 3.63) is 41.9 Å². The molecule has 0 aliphatic heterocycles. The highest BCUT2D eigenvalue weighted by Crippen LogP contribution is 2.31. The Kier molecular flexibility index (Phi) is 2.82. The smallest absolute Gasteiger partial charge is 0.371 e. The van der Waals surface area contributed by atoms with Crippen LogP contribution in [0.4, 0.5) is 4.39 Å². The van der Waals surface area contributed by atoms with Crippen molar-refractivity contribution >= 4 is 5.97 Å². The first-order chi connectivity index (χ1) is 8.11. The minimum Gasteiger partial charge on any atom is -0.496 e. The average molecular weight is 236 g/mol. The molecule has 0 aliphatic rings. The first-order valence-electron chi connectivity index (χ1n) is 4.79. The van der Waals surface area contributed by atoms with Crippen molar-refractivity contribution in [3.8, 4) is 17.1 Å². The van der Waals surface area contributed by atoms with Crippen LogP contribution in [0.2, 0.25) is 0 Å². The lowest BCUT2D eigenvalue weighted by Gasteiger charge is -2.05. The summed E-state index contributed by atoms with van der Waals surface area (Å²) in [6.45, 7) is 0. The first kappa shape index (κ1) is 11.2. The zero-order valence-corrected chi connectivity index (χ0v) is 8.94. The van der Waals surface area contributed by atoms with Crippen molar-refractivity contribution in [2.75, 3.05) is 7.11 Å². The maximum Gasteiger partial charge on any atom is 0.371 e. The Bertz CT molecular complexity index is 559. The molecule has 2 aromatic rings. The number of rotatable bonds is 3. The Balaban J connectivity index is 2.51. The summed E-state index contributed by atoms with van der Waals surface area (Å²) >= 11 is 0. The fourth-order valence-electron chi connectivity index (χ4n) is 1.47. The number of aromatic carboxylic acids is 1. The molecule has 0 bridgehead atoms. The Morgan fingerprint density at radius 2 is 2.12 bits per heavy atom. The Morgan fingerprint density at radius 1 is 1.35 bits per heavy atom. The molecule has 1 N–H and O–H groups in total. The predicted molar refractivity (Wildman–Crippen MR) is 57.6 cm³/mol. The van der Waals surface area contributed by atoms with Gasteiger partial charge < -0.3 is 14.3 Å². The molecule has 1 aromatic carbocycles. The number of carbonyl (C=O) groups is 1. The summed E-state index contributed by atoms with van der Waals surface area (Å²) in [4.78, 5) is 10.7. The molecule has 0 aliphatic carbocycles. The molecule has 1 heterocycles. The molecule has 0 saturated carbocycles. The predicted octanol–water partition coefficient (Wildman–Crippen LogP) is 2.79. The molecular weight excluding hydrogens is 227 g/mol. The zero-order chi connectivity index (χ0) is 12.4. The molecule has 5 heteroatoms. The highest BCUT2D eigenvalue weighted by Gasteiger charge is 2.14. The molecule has 0 unspecified atom stereocenters. The molecule has 0 saturated heterocycles. The third-order valence-corrected chi connectivity index (χ3v) is 2.24. The van der Waals surface area contributed by atoms with Crippen LogP contribution >= 0.6 is 0 Å². The number of hydrogen-bond donors (Lipinski definition) is 1. The fourth-order valence-corrected chi connectivity index (χ4v) is 1.47. The summed E-state index contributed by atoms with van der Waals surface area (Å²) < 4.78 is 23.3. The van der Waals surface area contributed by atoms with Crippen molar-refractivity contribution < 1.29 is 23.4 Å². The first-order valence-corrected chi connectivity index (χ1v) is 4.79. The Hall–Kier alpha value is -2.30. The van der Waals surface area contributed by atoms with Gasteiger partial charge in [0.25, 0.3) is 0 Å². The van der Waals surface area contributed by atoms with Crippen LogP contribution in [0.15, 0.2) is 34.7 Å². The van der Waals surface area contributed by atoms with Crippen LogP contribution in [0.3, 0.4) is 0 Å². The Labute approximate surface area is 96.2 Å². The maximum atomic E-state index is 13.1. The van der Waals surface area contributed by atoms with E-state index in [1.165, 1.54) is 37.4 Å². The second-order valence-corrected chi connectivity index (χ2v) is 3.31. The molecule has 0 radical (unpaired) electrons. The number of benzene rings is 1. The van der Waals surface area contributed by atoms with Crippen LogP contribution in [0.5, 0.6) is 5.75 Å². The molecule has 0 atom stereocenters. The van der Waals surface area contributed by atoms with E-state index in [1.807, 2.05) is 0 Å². The third kappa shape index (κ3) is 2.13. The van der Waals surface area contributed by atoms with Gasteiger partial charge in [-0.15, -0.1) is 0 Å². The van der Waals surface area contributed by atoms with Gasteiger partial charge in [-0.1, -0.05) is 0 Å². The van der Waals surface area contributed by atoms with Gasteiger partial charge in [-0.3, -0.25) is 0 Å².